The topological polar surface area (TPSA) is 93.4 Å². The molecule has 1 rings (SSSR count). The number of rotatable bonds is 4. The van der Waals surface area contributed by atoms with Gasteiger partial charge in [-0.15, -0.1) is 0 Å². The molecule has 0 aromatic heterocycles. The van der Waals surface area contributed by atoms with Gasteiger partial charge in [0, 0.05) is 13.1 Å². The van der Waals surface area contributed by atoms with Crippen LogP contribution in [0.25, 0.3) is 0 Å². The van der Waals surface area contributed by atoms with Crippen LogP contribution in [0.2, 0.25) is 0 Å². The number of nitrogens with two attached hydrogens (primary N) is 1. The second-order valence-corrected chi connectivity index (χ2v) is 4.44. The molecule has 0 aromatic carbocycles. The molecule has 0 aliphatic carbocycles. The van der Waals surface area contributed by atoms with Crippen LogP contribution in [0.5, 0.6) is 0 Å². The molecular formula is C10H19N3O3. The number of primary amides is 1. The zero-order valence-corrected chi connectivity index (χ0v) is 9.71. The number of morpholine rings is 1. The highest BCUT2D eigenvalue weighted by atomic mass is 16.5. The van der Waals surface area contributed by atoms with E-state index in [0.29, 0.717) is 13.2 Å². The number of nitrogens with one attached hydrogen (secondary N) is 2. The van der Waals surface area contributed by atoms with E-state index in [2.05, 4.69) is 10.6 Å². The average molecular weight is 229 g/mol. The van der Waals surface area contributed by atoms with Crippen molar-refractivity contribution in [1.82, 2.24) is 10.6 Å². The fourth-order valence-electron chi connectivity index (χ4n) is 1.42. The van der Waals surface area contributed by atoms with E-state index in [1.807, 2.05) is 0 Å². The van der Waals surface area contributed by atoms with Crippen LogP contribution in [0.15, 0.2) is 0 Å². The number of hydrogen-bond acceptors (Lipinski definition) is 4. The monoisotopic (exact) mass is 229 g/mol. The lowest BCUT2D eigenvalue weighted by Gasteiger charge is -2.26. The van der Waals surface area contributed by atoms with E-state index in [1.54, 1.807) is 13.8 Å². The third kappa shape index (κ3) is 3.79. The second-order valence-electron chi connectivity index (χ2n) is 4.44. The van der Waals surface area contributed by atoms with Gasteiger partial charge in [-0.2, -0.15) is 0 Å². The van der Waals surface area contributed by atoms with E-state index in [0.717, 1.165) is 6.54 Å². The molecule has 1 fully saturated rings. The van der Waals surface area contributed by atoms with Crippen LogP contribution < -0.4 is 16.4 Å². The Morgan fingerprint density at radius 2 is 2.25 bits per heavy atom. The summed E-state index contributed by atoms with van der Waals surface area (Å²) < 4.78 is 5.38. The van der Waals surface area contributed by atoms with Crippen molar-refractivity contribution in [3.05, 3.63) is 0 Å². The van der Waals surface area contributed by atoms with E-state index < -0.39 is 11.4 Å². The quantitative estimate of drug-likeness (QED) is 0.561. The maximum absolute atomic E-state index is 11.6. The van der Waals surface area contributed by atoms with Crippen molar-refractivity contribution >= 4 is 11.8 Å². The number of amides is 2. The van der Waals surface area contributed by atoms with Gasteiger partial charge in [-0.3, -0.25) is 9.59 Å². The molecule has 2 amide bonds. The molecule has 0 saturated carbocycles. The van der Waals surface area contributed by atoms with Gasteiger partial charge in [0.05, 0.1) is 19.1 Å². The lowest BCUT2D eigenvalue weighted by Crippen LogP contribution is -2.54. The highest BCUT2D eigenvalue weighted by molar-refractivity contribution is 5.89. The third-order valence-electron chi connectivity index (χ3n) is 2.49. The lowest BCUT2D eigenvalue weighted by atomic mass is 10.0. The molecule has 1 saturated heterocycles. The molecule has 6 heteroatoms. The van der Waals surface area contributed by atoms with Gasteiger partial charge < -0.3 is 21.1 Å². The summed E-state index contributed by atoms with van der Waals surface area (Å²) in [5, 5.41) is 5.71. The van der Waals surface area contributed by atoms with Crippen LogP contribution in [0.3, 0.4) is 0 Å². The van der Waals surface area contributed by atoms with E-state index in [9.17, 15) is 9.59 Å². The summed E-state index contributed by atoms with van der Waals surface area (Å²) in [6.45, 7) is 5.23. The molecule has 0 spiro atoms. The largest absolute Gasteiger partial charge is 0.375 e. The van der Waals surface area contributed by atoms with Crippen molar-refractivity contribution in [3.8, 4) is 0 Å². The van der Waals surface area contributed by atoms with Crippen molar-refractivity contribution in [3.63, 3.8) is 0 Å². The van der Waals surface area contributed by atoms with Crippen molar-refractivity contribution in [2.45, 2.75) is 31.9 Å². The van der Waals surface area contributed by atoms with Crippen LogP contribution in [-0.2, 0) is 14.3 Å². The number of hydrogen-bond donors (Lipinski definition) is 3. The van der Waals surface area contributed by atoms with Gasteiger partial charge in [-0.1, -0.05) is 0 Å². The van der Waals surface area contributed by atoms with Crippen LogP contribution >= 0.6 is 0 Å². The predicted molar refractivity (Wildman–Crippen MR) is 58.6 cm³/mol. The Kier molecular flexibility index (Phi) is 4.26. The van der Waals surface area contributed by atoms with Gasteiger partial charge in [0.2, 0.25) is 11.8 Å². The Labute approximate surface area is 94.9 Å². The highest BCUT2D eigenvalue weighted by Crippen LogP contribution is 2.05. The lowest BCUT2D eigenvalue weighted by molar-refractivity contribution is -0.132. The zero-order valence-electron chi connectivity index (χ0n) is 9.71. The Balaban J connectivity index is 2.37. The first-order valence-electron chi connectivity index (χ1n) is 5.35. The van der Waals surface area contributed by atoms with Gasteiger partial charge in [0.1, 0.15) is 5.54 Å². The summed E-state index contributed by atoms with van der Waals surface area (Å²) in [7, 11) is 0. The minimum Gasteiger partial charge on any atom is -0.375 e. The summed E-state index contributed by atoms with van der Waals surface area (Å²) >= 11 is 0. The molecule has 1 heterocycles. The van der Waals surface area contributed by atoms with Crippen LogP contribution in [0, 0.1) is 0 Å². The third-order valence-corrected chi connectivity index (χ3v) is 2.49. The second kappa shape index (κ2) is 5.27. The molecule has 0 radical (unpaired) electrons. The maximum atomic E-state index is 11.6. The molecular weight excluding hydrogens is 210 g/mol. The fraction of sp³-hybridized carbons (Fsp3) is 0.800. The normalized spacial score (nSPS) is 21.5. The van der Waals surface area contributed by atoms with Crippen LogP contribution in [0.4, 0.5) is 0 Å². The van der Waals surface area contributed by atoms with Gasteiger partial charge in [0.15, 0.2) is 0 Å². The molecule has 4 N–H and O–H groups in total. The molecule has 92 valence electrons. The van der Waals surface area contributed by atoms with Crippen molar-refractivity contribution in [1.29, 1.82) is 0 Å². The van der Waals surface area contributed by atoms with Gasteiger partial charge in [0.25, 0.3) is 0 Å². The summed E-state index contributed by atoms with van der Waals surface area (Å²) in [5.41, 5.74) is 4.14. The van der Waals surface area contributed by atoms with E-state index >= 15 is 0 Å². The van der Waals surface area contributed by atoms with E-state index in [1.165, 1.54) is 0 Å². The van der Waals surface area contributed by atoms with Gasteiger partial charge in [-0.05, 0) is 13.8 Å². The Morgan fingerprint density at radius 3 is 2.75 bits per heavy atom. The van der Waals surface area contributed by atoms with Crippen LogP contribution in [-0.4, -0.2) is 43.2 Å². The Bertz CT molecular complexity index is 272. The molecule has 0 aromatic rings. The van der Waals surface area contributed by atoms with Gasteiger partial charge >= 0.3 is 0 Å². The summed E-state index contributed by atoms with van der Waals surface area (Å²) in [6.07, 6.45) is 0.112. The van der Waals surface area contributed by atoms with E-state index in [4.69, 9.17) is 10.5 Å². The fourth-order valence-corrected chi connectivity index (χ4v) is 1.42. The zero-order chi connectivity index (χ0) is 12.2. The summed E-state index contributed by atoms with van der Waals surface area (Å²) in [6, 6.07) is 0. The van der Waals surface area contributed by atoms with Crippen molar-refractivity contribution in [2.75, 3.05) is 19.7 Å². The first-order chi connectivity index (χ1) is 7.42. The SMILES string of the molecule is CC(C)(NC(=O)CC1CNCCO1)C(N)=O. The average Bonchev–Trinajstić information content (AvgIpc) is 2.17. The highest BCUT2D eigenvalue weighted by Gasteiger charge is 2.28. The van der Waals surface area contributed by atoms with Crippen molar-refractivity contribution in [2.24, 2.45) is 5.73 Å². The maximum Gasteiger partial charge on any atom is 0.242 e. The number of ether oxygens (including phenoxy) is 1. The standard InChI is InChI=1S/C10H19N3O3/c1-10(2,9(11)15)13-8(14)5-7-6-12-3-4-16-7/h7,12H,3-6H2,1-2H3,(H2,11,15)(H,13,14). The molecule has 1 atom stereocenters. The Morgan fingerprint density at radius 1 is 1.56 bits per heavy atom. The predicted octanol–water partition coefficient (Wildman–Crippen LogP) is -1.25. The minimum atomic E-state index is -1.01. The molecule has 0 bridgehead atoms. The molecule has 6 nitrogen and oxygen atoms in total. The molecule has 1 aliphatic heterocycles. The van der Waals surface area contributed by atoms with Crippen LogP contribution in [0.1, 0.15) is 20.3 Å². The first-order valence-corrected chi connectivity index (χ1v) is 5.35. The van der Waals surface area contributed by atoms with E-state index in [-0.39, 0.29) is 18.4 Å². The number of carbonyl (C=O) groups is 2. The smallest absolute Gasteiger partial charge is 0.242 e. The van der Waals surface area contributed by atoms with Gasteiger partial charge in [-0.25, -0.2) is 0 Å². The molecule has 16 heavy (non-hydrogen) atoms. The number of carbonyl (C=O) groups excluding carboxylic acids is 2. The first kappa shape index (κ1) is 12.9. The molecule has 1 unspecified atom stereocenters. The Hall–Kier alpha value is -1.14. The minimum absolute atomic E-state index is 0.127. The van der Waals surface area contributed by atoms with Crippen molar-refractivity contribution < 1.29 is 14.3 Å². The summed E-state index contributed by atoms with van der Waals surface area (Å²) in [5.74, 6) is -0.777. The molecule has 1 aliphatic rings. The summed E-state index contributed by atoms with van der Waals surface area (Å²) in [4.78, 5) is 22.6.